The van der Waals surface area contributed by atoms with Gasteiger partial charge in [0, 0.05) is 5.56 Å². The highest BCUT2D eigenvalue weighted by Gasteiger charge is 2.13. The fourth-order valence-corrected chi connectivity index (χ4v) is 2.59. The van der Waals surface area contributed by atoms with Crippen LogP contribution in [-0.2, 0) is 11.3 Å². The first kappa shape index (κ1) is 16.7. The van der Waals surface area contributed by atoms with Crippen molar-refractivity contribution in [1.29, 1.82) is 5.26 Å². The Bertz CT molecular complexity index is 747. The Morgan fingerprint density at radius 1 is 1.22 bits per heavy atom. The van der Waals surface area contributed by atoms with Gasteiger partial charge in [0.05, 0.1) is 18.3 Å². The molecule has 1 amide bonds. The largest absolute Gasteiger partial charge is 0.326 e. The van der Waals surface area contributed by atoms with E-state index in [1.807, 2.05) is 13.1 Å². The average molecular weight is 308 g/mol. The molecule has 0 spiro atoms. The molecule has 4 nitrogen and oxygen atoms in total. The molecule has 0 aliphatic carbocycles. The number of benzene rings is 2. The highest BCUT2D eigenvalue weighted by Crippen LogP contribution is 2.13. The number of amides is 1. The molecule has 0 aliphatic heterocycles. The van der Waals surface area contributed by atoms with E-state index in [2.05, 4.69) is 43.4 Å². The van der Waals surface area contributed by atoms with Gasteiger partial charge in [-0.05, 0) is 31.5 Å². The van der Waals surface area contributed by atoms with Crippen LogP contribution in [-0.4, -0.2) is 19.5 Å². The van der Waals surface area contributed by atoms with Gasteiger partial charge in [0.25, 0.3) is 5.91 Å². The van der Waals surface area contributed by atoms with Gasteiger partial charge < -0.3 is 10.2 Å². The molecule has 0 saturated heterocycles. The van der Waals surface area contributed by atoms with Crippen LogP contribution < -0.4 is 10.2 Å². The maximum absolute atomic E-state index is 12.2. The lowest BCUT2D eigenvalue weighted by molar-refractivity contribution is -0.885. The van der Waals surface area contributed by atoms with E-state index in [0.29, 0.717) is 17.8 Å². The van der Waals surface area contributed by atoms with Crippen LogP contribution in [0, 0.1) is 25.2 Å². The summed E-state index contributed by atoms with van der Waals surface area (Å²) in [6.45, 7) is 5.32. The van der Waals surface area contributed by atoms with Crippen molar-refractivity contribution in [2.75, 3.05) is 18.9 Å². The second kappa shape index (κ2) is 7.57. The molecule has 4 heteroatoms. The molecule has 0 heterocycles. The minimum atomic E-state index is -0.0880. The Hall–Kier alpha value is -2.64. The van der Waals surface area contributed by atoms with Gasteiger partial charge in [-0.2, -0.15) is 5.26 Å². The lowest BCUT2D eigenvalue weighted by atomic mass is 10.1. The molecule has 2 rings (SSSR count). The molecule has 2 N–H and O–H groups in total. The third kappa shape index (κ3) is 4.67. The topological polar surface area (TPSA) is 57.3 Å². The van der Waals surface area contributed by atoms with Crippen molar-refractivity contribution in [2.24, 2.45) is 0 Å². The zero-order valence-corrected chi connectivity index (χ0v) is 13.8. The Morgan fingerprint density at radius 2 is 1.96 bits per heavy atom. The van der Waals surface area contributed by atoms with Crippen LogP contribution in [0.5, 0.6) is 0 Å². The van der Waals surface area contributed by atoms with Crippen LogP contribution in [0.4, 0.5) is 5.69 Å². The lowest BCUT2D eigenvalue weighted by Gasteiger charge is -2.16. The molecule has 23 heavy (non-hydrogen) atoms. The summed E-state index contributed by atoms with van der Waals surface area (Å²) in [6.07, 6.45) is 0. The SMILES string of the molecule is Cc1ccc(C[NH+](C)CC(=O)Nc2ccccc2C#N)c(C)c1. The molecule has 2 aromatic rings. The van der Waals surface area contributed by atoms with E-state index >= 15 is 0 Å². The number of carbonyl (C=O) groups excluding carboxylic acids is 1. The van der Waals surface area contributed by atoms with Gasteiger partial charge in [0.1, 0.15) is 12.6 Å². The maximum Gasteiger partial charge on any atom is 0.279 e. The Kier molecular flexibility index (Phi) is 5.51. The summed E-state index contributed by atoms with van der Waals surface area (Å²) in [5, 5.41) is 11.9. The molecule has 0 aliphatic rings. The molecular formula is C19H22N3O+. The fraction of sp³-hybridized carbons (Fsp3) is 0.263. The average Bonchev–Trinajstić information content (AvgIpc) is 2.50. The molecular weight excluding hydrogens is 286 g/mol. The van der Waals surface area contributed by atoms with E-state index in [4.69, 9.17) is 5.26 Å². The summed E-state index contributed by atoms with van der Waals surface area (Å²) < 4.78 is 0. The number of nitrogens with one attached hydrogen (secondary N) is 2. The Labute approximate surface area is 137 Å². The summed E-state index contributed by atoms with van der Waals surface area (Å²) >= 11 is 0. The second-order valence-electron chi connectivity index (χ2n) is 5.95. The molecule has 2 aromatic carbocycles. The second-order valence-corrected chi connectivity index (χ2v) is 5.95. The number of hydrogen-bond acceptors (Lipinski definition) is 2. The molecule has 0 fully saturated rings. The van der Waals surface area contributed by atoms with E-state index in [1.54, 1.807) is 18.2 Å². The summed E-state index contributed by atoms with van der Waals surface area (Å²) in [4.78, 5) is 13.3. The number of carbonyl (C=O) groups is 1. The zero-order valence-electron chi connectivity index (χ0n) is 13.8. The first-order chi connectivity index (χ1) is 11.0. The van der Waals surface area contributed by atoms with Gasteiger partial charge in [-0.25, -0.2) is 0 Å². The van der Waals surface area contributed by atoms with Gasteiger partial charge in [-0.15, -0.1) is 0 Å². The number of quaternary nitrogens is 1. The standard InChI is InChI=1S/C19H21N3O/c1-14-8-9-17(15(2)10-14)12-22(3)13-19(23)21-18-7-5-4-6-16(18)11-20/h4-10H,12-13H2,1-3H3,(H,21,23)/p+1. The van der Waals surface area contributed by atoms with E-state index in [-0.39, 0.29) is 5.91 Å². The molecule has 118 valence electrons. The van der Waals surface area contributed by atoms with Crippen LogP contribution in [0.15, 0.2) is 42.5 Å². The number of anilines is 1. The highest BCUT2D eigenvalue weighted by atomic mass is 16.2. The van der Waals surface area contributed by atoms with Gasteiger partial charge >= 0.3 is 0 Å². The summed E-state index contributed by atoms with van der Waals surface area (Å²) in [7, 11) is 2.00. The van der Waals surface area contributed by atoms with E-state index in [1.165, 1.54) is 16.7 Å². The van der Waals surface area contributed by atoms with Crippen LogP contribution in [0.1, 0.15) is 22.3 Å². The third-order valence-corrected chi connectivity index (χ3v) is 3.77. The third-order valence-electron chi connectivity index (χ3n) is 3.77. The first-order valence-corrected chi connectivity index (χ1v) is 7.66. The number of likely N-dealkylation sites (N-methyl/N-ethyl adjacent to an activating group) is 1. The normalized spacial score (nSPS) is 11.6. The Morgan fingerprint density at radius 3 is 2.65 bits per heavy atom. The van der Waals surface area contributed by atoms with Crippen molar-refractivity contribution in [1.82, 2.24) is 0 Å². The van der Waals surface area contributed by atoms with E-state index in [0.717, 1.165) is 11.4 Å². The van der Waals surface area contributed by atoms with Crippen molar-refractivity contribution >= 4 is 11.6 Å². The molecule has 0 radical (unpaired) electrons. The molecule has 0 saturated carbocycles. The number of aryl methyl sites for hydroxylation is 2. The van der Waals surface area contributed by atoms with Crippen molar-refractivity contribution in [3.8, 4) is 6.07 Å². The number of hydrogen-bond donors (Lipinski definition) is 2. The minimum Gasteiger partial charge on any atom is -0.326 e. The van der Waals surface area contributed by atoms with Crippen LogP contribution in [0.2, 0.25) is 0 Å². The molecule has 1 unspecified atom stereocenters. The minimum absolute atomic E-state index is 0.0880. The monoisotopic (exact) mass is 308 g/mol. The zero-order chi connectivity index (χ0) is 16.8. The number of nitrogens with zero attached hydrogens (tertiary/aromatic N) is 1. The smallest absolute Gasteiger partial charge is 0.279 e. The molecule has 0 aromatic heterocycles. The summed E-state index contributed by atoms with van der Waals surface area (Å²) in [5.74, 6) is -0.0880. The summed E-state index contributed by atoms with van der Waals surface area (Å²) in [6, 6.07) is 15.5. The number of rotatable bonds is 5. The predicted molar refractivity (Wildman–Crippen MR) is 91.2 cm³/mol. The summed E-state index contributed by atoms with van der Waals surface area (Å²) in [5.41, 5.74) is 4.79. The number of para-hydroxylation sites is 1. The van der Waals surface area contributed by atoms with Gasteiger partial charge in [0.2, 0.25) is 0 Å². The van der Waals surface area contributed by atoms with Crippen molar-refractivity contribution in [3.05, 3.63) is 64.7 Å². The van der Waals surface area contributed by atoms with Crippen LogP contribution in [0.25, 0.3) is 0 Å². The Balaban J connectivity index is 1.96. The number of nitriles is 1. The first-order valence-electron chi connectivity index (χ1n) is 7.66. The fourth-order valence-electron chi connectivity index (χ4n) is 2.59. The van der Waals surface area contributed by atoms with Gasteiger partial charge in [-0.1, -0.05) is 35.9 Å². The molecule has 0 bridgehead atoms. The van der Waals surface area contributed by atoms with Gasteiger partial charge in [0.15, 0.2) is 6.54 Å². The van der Waals surface area contributed by atoms with Crippen molar-refractivity contribution in [2.45, 2.75) is 20.4 Å². The molecule has 1 atom stereocenters. The lowest BCUT2D eigenvalue weighted by Crippen LogP contribution is -3.08. The van der Waals surface area contributed by atoms with E-state index < -0.39 is 0 Å². The van der Waals surface area contributed by atoms with Crippen molar-refractivity contribution in [3.63, 3.8) is 0 Å². The van der Waals surface area contributed by atoms with Crippen LogP contribution in [0.3, 0.4) is 0 Å². The van der Waals surface area contributed by atoms with Gasteiger partial charge in [-0.3, -0.25) is 4.79 Å². The quantitative estimate of drug-likeness (QED) is 0.885. The predicted octanol–water partition coefficient (Wildman–Crippen LogP) is 1.83. The maximum atomic E-state index is 12.2. The van der Waals surface area contributed by atoms with Crippen LogP contribution >= 0.6 is 0 Å². The van der Waals surface area contributed by atoms with E-state index in [9.17, 15) is 4.79 Å². The van der Waals surface area contributed by atoms with Crippen molar-refractivity contribution < 1.29 is 9.69 Å². The highest BCUT2D eigenvalue weighted by molar-refractivity contribution is 5.92.